The summed E-state index contributed by atoms with van der Waals surface area (Å²) in [6, 6.07) is 8.17. The molecule has 2 N–H and O–H groups in total. The number of rotatable bonds is 12. The minimum atomic E-state index is -2.11. The molecule has 0 unspecified atom stereocenters. The van der Waals surface area contributed by atoms with Gasteiger partial charge in [-0.1, -0.05) is 31.0 Å². The fraction of sp³-hybridized carbons (Fsp3) is 0.550. The number of carbonyl (C=O) groups is 3. The van der Waals surface area contributed by atoms with E-state index in [0.29, 0.717) is 13.0 Å². The van der Waals surface area contributed by atoms with E-state index in [-0.39, 0.29) is 25.2 Å². The van der Waals surface area contributed by atoms with Crippen molar-refractivity contribution in [3.8, 4) is 0 Å². The molecule has 0 spiro atoms. The molecule has 0 fully saturated rings. The lowest BCUT2D eigenvalue weighted by molar-refractivity contribution is -0.185. The zero-order valence-corrected chi connectivity index (χ0v) is 16.1. The van der Waals surface area contributed by atoms with Gasteiger partial charge in [-0.2, -0.15) is 0 Å². The number of ether oxygens (including phenoxy) is 3. The van der Waals surface area contributed by atoms with E-state index in [9.17, 15) is 14.4 Å². The van der Waals surface area contributed by atoms with E-state index in [0.717, 1.165) is 19.3 Å². The molecule has 1 rings (SSSR count). The smallest absolute Gasteiger partial charge is 0.362 e. The molecule has 0 heterocycles. The Morgan fingerprint density at radius 3 is 1.96 bits per heavy atom. The van der Waals surface area contributed by atoms with E-state index in [1.807, 2.05) is 0 Å². The van der Waals surface area contributed by atoms with Gasteiger partial charge in [0.25, 0.3) is 0 Å². The predicted octanol–water partition coefficient (Wildman–Crippen LogP) is 2.62. The summed E-state index contributed by atoms with van der Waals surface area (Å²) in [6.07, 6.45) is 2.91. The van der Waals surface area contributed by atoms with Crippen molar-refractivity contribution in [3.05, 3.63) is 35.9 Å². The molecule has 0 atom stereocenters. The zero-order chi connectivity index (χ0) is 20.1. The molecule has 27 heavy (non-hydrogen) atoms. The number of unbranched alkanes of at least 4 members (excludes halogenated alkanes) is 3. The molecule has 1 aromatic rings. The van der Waals surface area contributed by atoms with Crippen LogP contribution in [0.2, 0.25) is 0 Å². The van der Waals surface area contributed by atoms with Crippen LogP contribution in [0.1, 0.15) is 56.3 Å². The van der Waals surface area contributed by atoms with Gasteiger partial charge in [-0.15, -0.1) is 0 Å². The minimum Gasteiger partial charge on any atom is -0.463 e. The third-order valence-corrected chi connectivity index (χ3v) is 3.97. The average Bonchev–Trinajstić information content (AvgIpc) is 2.67. The highest BCUT2D eigenvalue weighted by atomic mass is 16.6. The van der Waals surface area contributed by atoms with Gasteiger partial charge in [0, 0.05) is 6.42 Å². The van der Waals surface area contributed by atoms with Crippen LogP contribution in [0.4, 0.5) is 0 Å². The maximum Gasteiger partial charge on any atom is 0.362 e. The van der Waals surface area contributed by atoms with Gasteiger partial charge < -0.3 is 19.9 Å². The van der Waals surface area contributed by atoms with Crippen LogP contribution >= 0.6 is 0 Å². The highest BCUT2D eigenvalue weighted by Crippen LogP contribution is 2.26. The van der Waals surface area contributed by atoms with Crippen molar-refractivity contribution in [3.63, 3.8) is 0 Å². The molecule has 1 aromatic carbocycles. The number of benzene rings is 1. The number of carbonyl (C=O) groups excluding carboxylic acids is 3. The van der Waals surface area contributed by atoms with E-state index < -0.39 is 23.5 Å². The molecule has 0 aliphatic carbocycles. The molecule has 0 aliphatic rings. The van der Waals surface area contributed by atoms with Gasteiger partial charge in [0.05, 0.1) is 18.8 Å². The van der Waals surface area contributed by atoms with Crippen LogP contribution in [0, 0.1) is 0 Å². The van der Waals surface area contributed by atoms with Gasteiger partial charge in [-0.25, -0.2) is 14.4 Å². The molecule has 150 valence electrons. The largest absolute Gasteiger partial charge is 0.463 e. The second-order valence-corrected chi connectivity index (χ2v) is 5.98. The third kappa shape index (κ3) is 6.67. The average molecular weight is 379 g/mol. The lowest BCUT2D eigenvalue weighted by atomic mass is 9.95. The highest BCUT2D eigenvalue weighted by Gasteiger charge is 2.52. The fourth-order valence-corrected chi connectivity index (χ4v) is 2.58. The first kappa shape index (κ1) is 22.6. The van der Waals surface area contributed by atoms with Crippen LogP contribution in [-0.4, -0.2) is 43.3 Å². The Morgan fingerprint density at radius 1 is 0.889 bits per heavy atom. The standard InChI is InChI=1S/C20H29NO6/c1-3-25-18(23)20(19(24)26-4-2,14-10-5-6-11-15-21)27-17(22)16-12-8-7-9-13-16/h7-9,12-13H,3-6,10-11,14-15,21H2,1-2H3. The molecule has 0 aromatic heterocycles. The molecule has 7 heteroatoms. The van der Waals surface area contributed by atoms with Crippen molar-refractivity contribution >= 4 is 17.9 Å². The summed E-state index contributed by atoms with van der Waals surface area (Å²) in [5, 5.41) is 0. The number of esters is 3. The molecular formula is C20H29NO6. The Morgan fingerprint density at radius 2 is 1.44 bits per heavy atom. The minimum absolute atomic E-state index is 0.00614. The second-order valence-electron chi connectivity index (χ2n) is 5.98. The van der Waals surface area contributed by atoms with Crippen molar-refractivity contribution in [2.75, 3.05) is 19.8 Å². The summed E-state index contributed by atoms with van der Waals surface area (Å²) in [7, 11) is 0. The third-order valence-electron chi connectivity index (χ3n) is 3.97. The molecular weight excluding hydrogens is 350 g/mol. The maximum absolute atomic E-state index is 12.6. The molecule has 0 saturated heterocycles. The van der Waals surface area contributed by atoms with Crippen molar-refractivity contribution in [1.29, 1.82) is 0 Å². The Kier molecular flexibility index (Phi) is 10.1. The lowest BCUT2D eigenvalue weighted by Crippen LogP contribution is -2.52. The molecule has 0 saturated carbocycles. The van der Waals surface area contributed by atoms with Crippen LogP contribution in [0.25, 0.3) is 0 Å². The van der Waals surface area contributed by atoms with Gasteiger partial charge in [0.15, 0.2) is 0 Å². The molecule has 0 bridgehead atoms. The Bertz CT molecular complexity index is 584. The normalized spacial score (nSPS) is 10.9. The second kappa shape index (κ2) is 12.1. The zero-order valence-electron chi connectivity index (χ0n) is 16.1. The molecule has 7 nitrogen and oxygen atoms in total. The van der Waals surface area contributed by atoms with E-state index in [4.69, 9.17) is 19.9 Å². The summed E-state index contributed by atoms with van der Waals surface area (Å²) < 4.78 is 15.6. The Labute approximate surface area is 160 Å². The first-order valence-electron chi connectivity index (χ1n) is 9.34. The van der Waals surface area contributed by atoms with Gasteiger partial charge in [-0.05, 0) is 45.4 Å². The molecule has 0 radical (unpaired) electrons. The van der Waals surface area contributed by atoms with E-state index in [1.54, 1.807) is 44.2 Å². The van der Waals surface area contributed by atoms with E-state index in [2.05, 4.69) is 0 Å². The van der Waals surface area contributed by atoms with Crippen LogP contribution < -0.4 is 5.73 Å². The summed E-state index contributed by atoms with van der Waals surface area (Å²) in [5.41, 5.74) is 3.61. The topological polar surface area (TPSA) is 105 Å². The summed E-state index contributed by atoms with van der Waals surface area (Å²) in [4.78, 5) is 37.9. The van der Waals surface area contributed by atoms with E-state index >= 15 is 0 Å². The van der Waals surface area contributed by atoms with Crippen LogP contribution in [0.5, 0.6) is 0 Å². The van der Waals surface area contributed by atoms with Crippen LogP contribution in [-0.2, 0) is 23.8 Å². The first-order valence-corrected chi connectivity index (χ1v) is 9.34. The quantitative estimate of drug-likeness (QED) is 0.257. The molecule has 0 amide bonds. The summed E-state index contributed by atoms with van der Waals surface area (Å²) >= 11 is 0. The maximum atomic E-state index is 12.6. The Balaban J connectivity index is 3.09. The highest BCUT2D eigenvalue weighted by molar-refractivity contribution is 6.06. The number of nitrogens with two attached hydrogens (primary N) is 1. The summed E-state index contributed by atoms with van der Waals surface area (Å²) in [6.45, 7) is 3.91. The van der Waals surface area contributed by atoms with E-state index in [1.165, 1.54) is 0 Å². The van der Waals surface area contributed by atoms with Crippen molar-refractivity contribution in [2.24, 2.45) is 5.73 Å². The van der Waals surface area contributed by atoms with Crippen molar-refractivity contribution < 1.29 is 28.6 Å². The van der Waals surface area contributed by atoms with Crippen LogP contribution in [0.15, 0.2) is 30.3 Å². The number of hydrogen-bond acceptors (Lipinski definition) is 7. The molecule has 0 aliphatic heterocycles. The van der Waals surface area contributed by atoms with Crippen molar-refractivity contribution in [2.45, 2.75) is 51.6 Å². The van der Waals surface area contributed by atoms with Gasteiger partial charge in [0.2, 0.25) is 0 Å². The lowest BCUT2D eigenvalue weighted by Gasteiger charge is -2.29. The van der Waals surface area contributed by atoms with Gasteiger partial charge in [0.1, 0.15) is 0 Å². The predicted molar refractivity (Wildman–Crippen MR) is 100.0 cm³/mol. The number of hydrogen-bond donors (Lipinski definition) is 1. The van der Waals surface area contributed by atoms with Gasteiger partial charge in [-0.3, -0.25) is 0 Å². The summed E-state index contributed by atoms with van der Waals surface area (Å²) in [5.74, 6) is -2.60. The fourth-order valence-electron chi connectivity index (χ4n) is 2.58. The SMILES string of the molecule is CCOC(=O)C(CCCCCCN)(OC(=O)c1ccccc1)C(=O)OCC. The monoisotopic (exact) mass is 379 g/mol. The van der Waals surface area contributed by atoms with Crippen LogP contribution in [0.3, 0.4) is 0 Å². The van der Waals surface area contributed by atoms with Crippen molar-refractivity contribution in [1.82, 2.24) is 0 Å². The van der Waals surface area contributed by atoms with Gasteiger partial charge >= 0.3 is 23.5 Å². The first-order chi connectivity index (χ1) is 13.0. The Hall–Kier alpha value is -2.41.